The number of pyridine rings is 1. The number of rotatable bonds is 3. The number of nitrogens with zero attached hydrogens (tertiary/aromatic N) is 3. The number of hydrazine groups is 1. The maximum atomic E-state index is 12.4. The van der Waals surface area contributed by atoms with Crippen LogP contribution in [0, 0.1) is 13.8 Å². The molecule has 2 heterocycles. The van der Waals surface area contributed by atoms with Crippen molar-refractivity contribution in [2.24, 2.45) is 0 Å². The smallest absolute Gasteiger partial charge is 0.271 e. The second-order valence-corrected chi connectivity index (χ2v) is 5.02. The van der Waals surface area contributed by atoms with Crippen LogP contribution < -0.4 is 10.9 Å². The lowest BCUT2D eigenvalue weighted by Gasteiger charge is -2.09. The predicted molar refractivity (Wildman–Crippen MR) is 76.5 cm³/mol. The Morgan fingerprint density at radius 2 is 1.92 bits per heavy atom. The first-order valence-electron chi connectivity index (χ1n) is 6.80. The molecule has 10 heteroatoms. The average Bonchev–Trinajstić information content (AvgIpc) is 2.81. The third-order valence-corrected chi connectivity index (χ3v) is 3.03. The molecule has 0 spiro atoms. The summed E-state index contributed by atoms with van der Waals surface area (Å²) in [6.45, 7) is 3.45. The number of halogens is 3. The monoisotopic (exact) mass is 341 g/mol. The van der Waals surface area contributed by atoms with Gasteiger partial charge in [-0.05, 0) is 32.0 Å². The average molecular weight is 341 g/mol. The Labute approximate surface area is 134 Å². The normalized spacial score (nSPS) is 11.2. The van der Waals surface area contributed by atoms with Gasteiger partial charge in [-0.1, -0.05) is 0 Å². The van der Waals surface area contributed by atoms with Crippen molar-refractivity contribution in [1.29, 1.82) is 0 Å². The Bertz CT molecular complexity index is 753. The van der Waals surface area contributed by atoms with Crippen LogP contribution in [0.1, 0.15) is 27.4 Å². The minimum absolute atomic E-state index is 0.106. The summed E-state index contributed by atoms with van der Waals surface area (Å²) in [5, 5.41) is 4.09. The predicted octanol–water partition coefficient (Wildman–Crippen LogP) is 1.37. The molecule has 0 aromatic carbocycles. The molecule has 2 aromatic heterocycles. The summed E-state index contributed by atoms with van der Waals surface area (Å²) in [6.07, 6.45) is -3.80. The van der Waals surface area contributed by atoms with Gasteiger partial charge in [0.05, 0.1) is 11.3 Å². The van der Waals surface area contributed by atoms with Gasteiger partial charge in [-0.3, -0.25) is 30.1 Å². The van der Waals surface area contributed by atoms with Crippen LogP contribution >= 0.6 is 0 Å². The molecule has 0 atom stereocenters. The molecule has 2 N–H and O–H groups in total. The molecule has 2 aromatic rings. The molecule has 0 saturated heterocycles. The SMILES string of the molecule is Cc1cc(C)n(CC(=O)NNC(=O)c2ccc(C(F)(F)F)nc2)n1. The summed E-state index contributed by atoms with van der Waals surface area (Å²) < 4.78 is 38.6. The quantitative estimate of drug-likeness (QED) is 0.826. The summed E-state index contributed by atoms with van der Waals surface area (Å²) >= 11 is 0. The van der Waals surface area contributed by atoms with Crippen molar-refractivity contribution in [1.82, 2.24) is 25.6 Å². The van der Waals surface area contributed by atoms with Crippen molar-refractivity contribution in [2.45, 2.75) is 26.6 Å². The van der Waals surface area contributed by atoms with Crippen molar-refractivity contribution in [3.8, 4) is 0 Å². The van der Waals surface area contributed by atoms with Crippen LogP contribution in [-0.4, -0.2) is 26.6 Å². The number of alkyl halides is 3. The highest BCUT2D eigenvalue weighted by Crippen LogP contribution is 2.27. The van der Waals surface area contributed by atoms with Crippen LogP contribution in [0.2, 0.25) is 0 Å². The summed E-state index contributed by atoms with van der Waals surface area (Å²) in [7, 11) is 0. The molecule has 0 bridgehead atoms. The van der Waals surface area contributed by atoms with E-state index in [2.05, 4.69) is 20.9 Å². The lowest BCUT2D eigenvalue weighted by atomic mass is 10.2. The molecule has 24 heavy (non-hydrogen) atoms. The van der Waals surface area contributed by atoms with Crippen molar-refractivity contribution >= 4 is 11.8 Å². The van der Waals surface area contributed by atoms with E-state index in [4.69, 9.17) is 0 Å². The van der Waals surface area contributed by atoms with E-state index in [9.17, 15) is 22.8 Å². The maximum Gasteiger partial charge on any atom is 0.433 e. The topological polar surface area (TPSA) is 88.9 Å². The minimum atomic E-state index is -4.58. The maximum absolute atomic E-state index is 12.4. The zero-order valence-electron chi connectivity index (χ0n) is 12.8. The lowest BCUT2D eigenvalue weighted by molar-refractivity contribution is -0.141. The molecule has 0 saturated carbocycles. The number of carbonyl (C=O) groups excluding carboxylic acids is 2. The highest BCUT2D eigenvalue weighted by molar-refractivity contribution is 5.95. The number of nitrogens with one attached hydrogen (secondary N) is 2. The highest BCUT2D eigenvalue weighted by atomic mass is 19.4. The summed E-state index contributed by atoms with van der Waals surface area (Å²) in [6, 6.07) is 3.45. The Morgan fingerprint density at radius 3 is 2.42 bits per heavy atom. The van der Waals surface area contributed by atoms with Gasteiger partial charge in [0.25, 0.3) is 11.8 Å². The van der Waals surface area contributed by atoms with Gasteiger partial charge in [0.15, 0.2) is 0 Å². The fourth-order valence-electron chi connectivity index (χ4n) is 1.91. The van der Waals surface area contributed by atoms with E-state index >= 15 is 0 Å². The van der Waals surface area contributed by atoms with Crippen molar-refractivity contribution in [2.75, 3.05) is 0 Å². The third kappa shape index (κ3) is 4.31. The molecule has 128 valence electrons. The molecule has 2 rings (SSSR count). The number of aryl methyl sites for hydroxylation is 2. The zero-order chi connectivity index (χ0) is 17.9. The van der Waals surface area contributed by atoms with Crippen molar-refractivity contribution in [3.63, 3.8) is 0 Å². The van der Waals surface area contributed by atoms with Gasteiger partial charge >= 0.3 is 6.18 Å². The zero-order valence-corrected chi connectivity index (χ0v) is 12.8. The largest absolute Gasteiger partial charge is 0.433 e. The second-order valence-electron chi connectivity index (χ2n) is 5.02. The molecule has 0 aliphatic heterocycles. The van der Waals surface area contributed by atoms with Gasteiger partial charge in [0.1, 0.15) is 12.2 Å². The van der Waals surface area contributed by atoms with E-state index in [0.29, 0.717) is 6.07 Å². The van der Waals surface area contributed by atoms with Gasteiger partial charge in [-0.15, -0.1) is 0 Å². The summed E-state index contributed by atoms with van der Waals surface area (Å²) in [5.41, 5.74) is 4.57. The van der Waals surface area contributed by atoms with Crippen LogP contribution in [0.25, 0.3) is 0 Å². The number of hydrogen-bond acceptors (Lipinski definition) is 4. The van der Waals surface area contributed by atoms with Crippen LogP contribution in [0.4, 0.5) is 13.2 Å². The minimum Gasteiger partial charge on any atom is -0.271 e. The van der Waals surface area contributed by atoms with Crippen LogP contribution in [0.3, 0.4) is 0 Å². The number of carbonyl (C=O) groups is 2. The molecular weight excluding hydrogens is 327 g/mol. The van der Waals surface area contributed by atoms with Gasteiger partial charge < -0.3 is 0 Å². The first-order valence-corrected chi connectivity index (χ1v) is 6.80. The Kier molecular flexibility index (Phi) is 4.86. The summed E-state index contributed by atoms with van der Waals surface area (Å²) in [5.74, 6) is -1.31. The standard InChI is InChI=1S/C14H14F3N5O2/c1-8-5-9(2)22(21-8)7-12(23)19-20-13(24)10-3-4-11(18-6-10)14(15,16)17/h3-6H,7H2,1-2H3,(H,19,23)(H,20,24). The number of amides is 2. The van der Waals surface area contributed by atoms with Crippen LogP contribution in [0.15, 0.2) is 24.4 Å². The highest BCUT2D eigenvalue weighted by Gasteiger charge is 2.32. The van der Waals surface area contributed by atoms with E-state index in [1.165, 1.54) is 4.68 Å². The Morgan fingerprint density at radius 1 is 1.21 bits per heavy atom. The van der Waals surface area contributed by atoms with Gasteiger partial charge in [0.2, 0.25) is 0 Å². The molecule has 0 fully saturated rings. The Hall–Kier alpha value is -2.91. The lowest BCUT2D eigenvalue weighted by Crippen LogP contribution is -2.43. The summed E-state index contributed by atoms with van der Waals surface area (Å²) in [4.78, 5) is 26.7. The number of aromatic nitrogens is 3. The molecule has 0 radical (unpaired) electrons. The first-order chi connectivity index (χ1) is 11.2. The van der Waals surface area contributed by atoms with Crippen molar-refractivity contribution in [3.05, 3.63) is 47.0 Å². The molecule has 0 aliphatic rings. The van der Waals surface area contributed by atoms with E-state index in [0.717, 1.165) is 23.7 Å². The Balaban J connectivity index is 1.90. The molecule has 7 nitrogen and oxygen atoms in total. The molecule has 0 aliphatic carbocycles. The van der Waals surface area contributed by atoms with E-state index in [1.54, 1.807) is 19.9 Å². The van der Waals surface area contributed by atoms with E-state index in [1.807, 2.05) is 0 Å². The van der Waals surface area contributed by atoms with Crippen LogP contribution in [-0.2, 0) is 17.5 Å². The fourth-order valence-corrected chi connectivity index (χ4v) is 1.91. The fraction of sp³-hybridized carbons (Fsp3) is 0.286. The van der Waals surface area contributed by atoms with Gasteiger partial charge in [-0.2, -0.15) is 18.3 Å². The van der Waals surface area contributed by atoms with E-state index < -0.39 is 23.7 Å². The van der Waals surface area contributed by atoms with E-state index in [-0.39, 0.29) is 12.1 Å². The molecule has 0 unspecified atom stereocenters. The van der Waals surface area contributed by atoms with Crippen LogP contribution in [0.5, 0.6) is 0 Å². The first kappa shape index (κ1) is 17.4. The van der Waals surface area contributed by atoms with Gasteiger partial charge in [0, 0.05) is 11.9 Å². The van der Waals surface area contributed by atoms with Crippen molar-refractivity contribution < 1.29 is 22.8 Å². The molecule has 2 amide bonds. The molecular formula is C14H14F3N5O2. The van der Waals surface area contributed by atoms with Gasteiger partial charge in [-0.25, -0.2) is 0 Å². The third-order valence-electron chi connectivity index (χ3n) is 3.03. The number of hydrogen-bond donors (Lipinski definition) is 2. The second kappa shape index (κ2) is 6.69.